The molecule has 1 aromatic heterocycles. The first-order valence-electron chi connectivity index (χ1n) is 11.3. The van der Waals surface area contributed by atoms with E-state index in [1.165, 1.54) is 19.1 Å². The number of pyridine rings is 1. The number of hydrogen-bond donors (Lipinski definition) is 0. The van der Waals surface area contributed by atoms with Crippen molar-refractivity contribution in [2.45, 2.75) is 63.6 Å². The maximum absolute atomic E-state index is 13.6. The number of rotatable bonds is 4. The number of ether oxygens (including phenoxy) is 1. The molecule has 0 radical (unpaired) electrons. The maximum atomic E-state index is 13.6. The Morgan fingerprint density at radius 1 is 1.00 bits per heavy atom. The van der Waals surface area contributed by atoms with Gasteiger partial charge in [-0.1, -0.05) is 12.1 Å². The summed E-state index contributed by atoms with van der Waals surface area (Å²) in [7, 11) is 0. The van der Waals surface area contributed by atoms with E-state index in [0.29, 0.717) is 31.4 Å². The second-order valence-electron chi connectivity index (χ2n) is 9.06. The van der Waals surface area contributed by atoms with Gasteiger partial charge in [-0.2, -0.15) is 26.3 Å². The molecule has 188 valence electrons. The van der Waals surface area contributed by atoms with Crippen molar-refractivity contribution in [3.8, 4) is 0 Å². The van der Waals surface area contributed by atoms with Crippen molar-refractivity contribution in [1.29, 1.82) is 0 Å². The molecule has 1 unspecified atom stereocenters. The number of benzene rings is 1. The Morgan fingerprint density at radius 3 is 2.23 bits per heavy atom. The molecule has 4 rings (SSSR count). The molecule has 0 bridgehead atoms. The van der Waals surface area contributed by atoms with Crippen LogP contribution in [0.15, 0.2) is 54.4 Å². The van der Waals surface area contributed by atoms with Gasteiger partial charge in [-0.3, -0.25) is 4.98 Å². The molecule has 1 aromatic carbocycles. The zero-order valence-electron chi connectivity index (χ0n) is 19.1. The van der Waals surface area contributed by atoms with E-state index < -0.39 is 35.7 Å². The molecule has 0 saturated carbocycles. The van der Waals surface area contributed by atoms with Crippen LogP contribution in [-0.4, -0.2) is 11.1 Å². The second kappa shape index (κ2) is 9.41. The Labute approximate surface area is 198 Å². The molecule has 0 fully saturated rings. The van der Waals surface area contributed by atoms with E-state index in [2.05, 4.69) is 4.98 Å². The first kappa shape index (κ1) is 25.4. The summed E-state index contributed by atoms with van der Waals surface area (Å²) in [5.74, 6) is -0.779. The number of hydrogen-bond acceptors (Lipinski definition) is 2. The first-order valence-corrected chi connectivity index (χ1v) is 11.3. The Bertz CT molecular complexity index is 1120. The van der Waals surface area contributed by atoms with Gasteiger partial charge in [0.25, 0.3) is 0 Å². The fourth-order valence-electron chi connectivity index (χ4n) is 4.87. The van der Waals surface area contributed by atoms with Crippen LogP contribution in [0.25, 0.3) is 0 Å². The van der Waals surface area contributed by atoms with Crippen LogP contribution in [0, 0.1) is 12.8 Å². The van der Waals surface area contributed by atoms with Gasteiger partial charge in [0.2, 0.25) is 0 Å². The molecule has 2 nitrogen and oxygen atoms in total. The van der Waals surface area contributed by atoms with Crippen molar-refractivity contribution in [3.63, 3.8) is 0 Å². The van der Waals surface area contributed by atoms with Crippen molar-refractivity contribution in [2.24, 2.45) is 5.92 Å². The van der Waals surface area contributed by atoms with Gasteiger partial charge in [-0.05, 0) is 86.6 Å². The number of fused-ring (bicyclic) bond motifs is 1. The Balaban J connectivity index is 1.68. The number of alkyl halides is 6. The third-order valence-corrected chi connectivity index (χ3v) is 6.58. The lowest BCUT2D eigenvalue weighted by molar-refractivity contribution is -0.143. The van der Waals surface area contributed by atoms with Crippen molar-refractivity contribution >= 4 is 0 Å². The van der Waals surface area contributed by atoms with Crippen molar-refractivity contribution in [2.75, 3.05) is 0 Å². The summed E-state index contributed by atoms with van der Waals surface area (Å²) in [4.78, 5) is 4.60. The monoisotopic (exact) mass is 499 g/mol. The standard InChI is InChI=1S/C26H24F7NO/c1-14-3-8-21-22(34-14)9-10-23(24(21)16-4-6-20(27)7-5-16)35-15(2)17-11-18(25(28,29)30)13-19(12-17)26(31,32)33/h3-4,6-8,11-13,15-16,23-24H,5,9-10H2,1-2H3/t15-,16?,23-,24-/m1/s1. The fourth-order valence-corrected chi connectivity index (χ4v) is 4.87. The molecule has 1 heterocycles. The summed E-state index contributed by atoms with van der Waals surface area (Å²) in [5, 5.41) is 0. The van der Waals surface area contributed by atoms with Crippen molar-refractivity contribution in [1.82, 2.24) is 4.98 Å². The van der Waals surface area contributed by atoms with Crippen LogP contribution in [0.4, 0.5) is 30.7 Å². The van der Waals surface area contributed by atoms with Crippen molar-refractivity contribution in [3.05, 3.63) is 88.0 Å². The second-order valence-corrected chi connectivity index (χ2v) is 9.06. The molecule has 0 amide bonds. The molecule has 2 aromatic rings. The normalized spacial score (nSPS) is 23.6. The molecule has 0 saturated heterocycles. The Kier molecular flexibility index (Phi) is 6.83. The van der Waals surface area contributed by atoms with E-state index in [4.69, 9.17) is 4.74 Å². The maximum Gasteiger partial charge on any atom is 0.416 e. The Hall–Kier alpha value is -2.68. The lowest BCUT2D eigenvalue weighted by atomic mass is 9.73. The highest BCUT2D eigenvalue weighted by Gasteiger charge is 2.39. The van der Waals surface area contributed by atoms with Crippen LogP contribution in [0.1, 0.15) is 65.4 Å². The molecule has 2 aliphatic rings. The minimum Gasteiger partial charge on any atom is -0.370 e. The molecule has 0 aliphatic heterocycles. The highest BCUT2D eigenvalue weighted by atomic mass is 19.4. The zero-order valence-corrected chi connectivity index (χ0v) is 19.1. The number of allylic oxidation sites excluding steroid dienone is 4. The summed E-state index contributed by atoms with van der Waals surface area (Å²) in [6, 6.07) is 5.29. The average molecular weight is 499 g/mol. The van der Waals surface area contributed by atoms with Gasteiger partial charge in [-0.25, -0.2) is 4.39 Å². The van der Waals surface area contributed by atoms with Gasteiger partial charge in [0.1, 0.15) is 5.83 Å². The van der Waals surface area contributed by atoms with Gasteiger partial charge in [0.05, 0.1) is 23.3 Å². The molecule has 35 heavy (non-hydrogen) atoms. The van der Waals surface area contributed by atoms with Gasteiger partial charge in [0, 0.05) is 17.3 Å². The van der Waals surface area contributed by atoms with E-state index in [-0.39, 0.29) is 29.3 Å². The van der Waals surface area contributed by atoms with Crippen LogP contribution in [0.2, 0.25) is 0 Å². The van der Waals surface area contributed by atoms with E-state index in [0.717, 1.165) is 17.0 Å². The SMILES string of the molecule is Cc1ccc2c(n1)CC[C@@H](O[C@H](C)c1cc(C(F)(F)F)cc(C(F)(F)F)c1)[C@@H]2C1C=CC(F)=CC1. The number of halogens is 7. The smallest absolute Gasteiger partial charge is 0.370 e. The van der Waals surface area contributed by atoms with Gasteiger partial charge < -0.3 is 4.74 Å². The van der Waals surface area contributed by atoms with Crippen LogP contribution in [-0.2, 0) is 23.5 Å². The number of nitrogens with zero attached hydrogens (tertiary/aromatic N) is 1. The predicted octanol–water partition coefficient (Wildman–Crippen LogP) is 8.03. The van der Waals surface area contributed by atoms with Crippen LogP contribution >= 0.6 is 0 Å². The highest BCUT2D eigenvalue weighted by Crippen LogP contribution is 2.44. The largest absolute Gasteiger partial charge is 0.416 e. The predicted molar refractivity (Wildman–Crippen MR) is 116 cm³/mol. The molecule has 0 spiro atoms. The number of aromatic nitrogens is 1. The first-order chi connectivity index (χ1) is 16.3. The minimum atomic E-state index is -4.94. The number of aryl methyl sites for hydroxylation is 2. The lowest BCUT2D eigenvalue weighted by Crippen LogP contribution is -2.34. The summed E-state index contributed by atoms with van der Waals surface area (Å²) in [6.45, 7) is 3.32. The highest BCUT2D eigenvalue weighted by molar-refractivity contribution is 5.36. The zero-order chi connectivity index (χ0) is 25.5. The minimum absolute atomic E-state index is 0.109. The topological polar surface area (TPSA) is 22.1 Å². The van der Waals surface area contributed by atoms with E-state index in [1.54, 1.807) is 6.08 Å². The van der Waals surface area contributed by atoms with Crippen molar-refractivity contribution < 1.29 is 35.5 Å². The molecule has 0 N–H and O–H groups in total. The van der Waals surface area contributed by atoms with Gasteiger partial charge in [-0.15, -0.1) is 0 Å². The average Bonchev–Trinajstić information content (AvgIpc) is 2.78. The molecule has 2 aliphatic carbocycles. The molecular formula is C26H24F7NO. The van der Waals surface area contributed by atoms with Gasteiger partial charge in [0.15, 0.2) is 0 Å². The van der Waals surface area contributed by atoms with Crippen LogP contribution in [0.5, 0.6) is 0 Å². The molecule has 9 heteroatoms. The summed E-state index contributed by atoms with van der Waals surface area (Å²) < 4.78 is 99.8. The summed E-state index contributed by atoms with van der Waals surface area (Å²) in [6.07, 6.45) is -5.40. The fraction of sp³-hybridized carbons (Fsp3) is 0.423. The van der Waals surface area contributed by atoms with E-state index >= 15 is 0 Å². The van der Waals surface area contributed by atoms with Crippen LogP contribution < -0.4 is 0 Å². The third kappa shape index (κ3) is 5.60. The molecular weight excluding hydrogens is 475 g/mol. The molecule has 4 atom stereocenters. The third-order valence-electron chi connectivity index (χ3n) is 6.58. The quantitative estimate of drug-likeness (QED) is 0.397. The van der Waals surface area contributed by atoms with E-state index in [9.17, 15) is 30.7 Å². The lowest BCUT2D eigenvalue weighted by Gasteiger charge is -2.39. The van der Waals surface area contributed by atoms with Gasteiger partial charge >= 0.3 is 12.4 Å². The summed E-state index contributed by atoms with van der Waals surface area (Å²) in [5.41, 5.74) is -0.334. The van der Waals surface area contributed by atoms with E-state index in [1.807, 2.05) is 19.1 Å². The Morgan fingerprint density at radius 2 is 1.66 bits per heavy atom. The van der Waals surface area contributed by atoms with Crippen LogP contribution in [0.3, 0.4) is 0 Å². The summed E-state index contributed by atoms with van der Waals surface area (Å²) >= 11 is 0.